The summed E-state index contributed by atoms with van der Waals surface area (Å²) in [6.45, 7) is 5.25. The fourth-order valence-corrected chi connectivity index (χ4v) is 4.02. The van der Waals surface area contributed by atoms with Gasteiger partial charge in [-0.05, 0) is 51.1 Å². The van der Waals surface area contributed by atoms with E-state index in [1.54, 1.807) is 11.3 Å². The Morgan fingerprint density at radius 3 is 2.96 bits per heavy atom. The lowest BCUT2D eigenvalue weighted by molar-refractivity contribution is 0.215. The Morgan fingerprint density at radius 1 is 1.29 bits per heavy atom. The lowest BCUT2D eigenvalue weighted by Gasteiger charge is -2.29. The number of hydrogen-bond donors (Lipinski definition) is 1. The minimum absolute atomic E-state index is 0.382. The van der Waals surface area contributed by atoms with E-state index in [9.17, 15) is 0 Å². The van der Waals surface area contributed by atoms with Crippen LogP contribution in [0.4, 0.5) is 0 Å². The van der Waals surface area contributed by atoms with Crippen molar-refractivity contribution in [1.82, 2.24) is 24.9 Å². The van der Waals surface area contributed by atoms with Crippen LogP contribution in [-0.2, 0) is 6.42 Å². The van der Waals surface area contributed by atoms with Crippen LogP contribution in [0.1, 0.15) is 23.5 Å². The van der Waals surface area contributed by atoms with E-state index in [1.165, 1.54) is 4.70 Å². The summed E-state index contributed by atoms with van der Waals surface area (Å²) in [6.07, 6.45) is 5.16. The van der Waals surface area contributed by atoms with Crippen molar-refractivity contribution in [2.45, 2.75) is 32.2 Å². The Bertz CT molecular complexity index is 831. The summed E-state index contributed by atoms with van der Waals surface area (Å²) < 4.78 is 3.04. The number of benzene rings is 1. The van der Waals surface area contributed by atoms with Gasteiger partial charge in [0.2, 0.25) is 0 Å². The average molecular weight is 342 g/mol. The Hall–Kier alpha value is -1.83. The molecule has 3 aromatic rings. The molecule has 0 unspecified atom stereocenters. The second-order valence-electron chi connectivity index (χ2n) is 6.47. The second kappa shape index (κ2) is 6.58. The van der Waals surface area contributed by atoms with Crippen LogP contribution in [0.25, 0.3) is 15.9 Å². The molecule has 126 valence electrons. The first-order valence-electron chi connectivity index (χ1n) is 8.44. The molecule has 0 aliphatic carbocycles. The average Bonchev–Trinajstić information content (AvgIpc) is 3.19. The molecule has 2 aromatic heterocycles. The molecule has 4 rings (SSSR count). The molecule has 0 spiro atoms. The topological polar surface area (TPSA) is 72.9 Å². The first-order chi connectivity index (χ1) is 11.7. The summed E-state index contributed by atoms with van der Waals surface area (Å²) in [5.74, 6) is 0. The normalized spacial score (nSPS) is 16.9. The molecule has 3 heterocycles. The van der Waals surface area contributed by atoms with Crippen LogP contribution in [0.5, 0.6) is 0 Å². The molecule has 0 atom stereocenters. The van der Waals surface area contributed by atoms with Crippen molar-refractivity contribution in [2.75, 3.05) is 19.6 Å². The van der Waals surface area contributed by atoms with Crippen molar-refractivity contribution >= 4 is 21.6 Å². The van der Waals surface area contributed by atoms with Crippen LogP contribution in [-0.4, -0.2) is 50.6 Å². The Balaban J connectivity index is 1.43. The minimum atomic E-state index is 0.382. The van der Waals surface area contributed by atoms with Gasteiger partial charge in [0.25, 0.3) is 0 Å². The van der Waals surface area contributed by atoms with Crippen LogP contribution in [0.2, 0.25) is 0 Å². The highest BCUT2D eigenvalue weighted by Gasteiger charge is 2.16. The molecule has 1 aromatic carbocycles. The van der Waals surface area contributed by atoms with E-state index in [2.05, 4.69) is 26.3 Å². The van der Waals surface area contributed by atoms with Crippen molar-refractivity contribution in [3.63, 3.8) is 0 Å². The maximum Gasteiger partial charge on any atom is 0.0907 e. The molecule has 1 fully saturated rings. The molecule has 24 heavy (non-hydrogen) atoms. The summed E-state index contributed by atoms with van der Waals surface area (Å²) in [5, 5.41) is 9.70. The van der Waals surface area contributed by atoms with Crippen molar-refractivity contribution in [2.24, 2.45) is 5.73 Å². The standard InChI is InChI=1S/C17H22N6S/c1-12-19-16-3-2-15(10-17(16)24-12)23-11-14(20-21-23)6-9-22-7-4-13(18)5-8-22/h2-3,10-11,13H,4-9,18H2,1H3. The molecule has 0 saturated carbocycles. The summed E-state index contributed by atoms with van der Waals surface area (Å²) in [6, 6.07) is 6.61. The van der Waals surface area contributed by atoms with Gasteiger partial charge in [0.1, 0.15) is 0 Å². The third-order valence-electron chi connectivity index (χ3n) is 4.60. The van der Waals surface area contributed by atoms with Gasteiger partial charge in [-0.2, -0.15) is 0 Å². The van der Waals surface area contributed by atoms with Crippen molar-refractivity contribution in [1.29, 1.82) is 0 Å². The minimum Gasteiger partial charge on any atom is -0.328 e. The van der Waals surface area contributed by atoms with Gasteiger partial charge in [0.05, 0.1) is 32.8 Å². The summed E-state index contributed by atoms with van der Waals surface area (Å²) >= 11 is 1.71. The van der Waals surface area contributed by atoms with Gasteiger partial charge in [-0.15, -0.1) is 16.4 Å². The Labute approximate surface area is 145 Å². The fraction of sp³-hybridized carbons (Fsp3) is 0.471. The number of aromatic nitrogens is 4. The highest BCUT2D eigenvalue weighted by Crippen LogP contribution is 2.24. The highest BCUT2D eigenvalue weighted by molar-refractivity contribution is 7.18. The molecule has 0 bridgehead atoms. The van der Waals surface area contributed by atoms with Gasteiger partial charge in [-0.3, -0.25) is 0 Å². The van der Waals surface area contributed by atoms with Crippen LogP contribution in [0, 0.1) is 6.92 Å². The zero-order chi connectivity index (χ0) is 16.5. The van der Waals surface area contributed by atoms with Crippen LogP contribution in [0.3, 0.4) is 0 Å². The van der Waals surface area contributed by atoms with Crippen LogP contribution >= 0.6 is 11.3 Å². The molecular formula is C17H22N6S. The van der Waals surface area contributed by atoms with E-state index in [0.717, 1.165) is 60.8 Å². The monoisotopic (exact) mass is 342 g/mol. The van der Waals surface area contributed by atoms with E-state index >= 15 is 0 Å². The van der Waals surface area contributed by atoms with Crippen LogP contribution in [0.15, 0.2) is 24.4 Å². The van der Waals surface area contributed by atoms with E-state index in [1.807, 2.05) is 29.9 Å². The number of piperidine rings is 1. The summed E-state index contributed by atoms with van der Waals surface area (Å²) in [4.78, 5) is 6.97. The van der Waals surface area contributed by atoms with E-state index in [0.29, 0.717) is 6.04 Å². The van der Waals surface area contributed by atoms with Crippen molar-refractivity contribution in [3.05, 3.63) is 35.1 Å². The predicted octanol–water partition coefficient (Wildman–Crippen LogP) is 2.15. The number of nitrogens with zero attached hydrogens (tertiary/aromatic N) is 5. The second-order valence-corrected chi connectivity index (χ2v) is 7.70. The van der Waals surface area contributed by atoms with Gasteiger partial charge < -0.3 is 10.6 Å². The molecule has 0 amide bonds. The first-order valence-corrected chi connectivity index (χ1v) is 9.26. The number of rotatable bonds is 4. The van der Waals surface area contributed by atoms with Crippen LogP contribution < -0.4 is 5.73 Å². The number of hydrogen-bond acceptors (Lipinski definition) is 6. The van der Waals surface area contributed by atoms with Gasteiger partial charge in [-0.1, -0.05) is 5.21 Å². The van der Waals surface area contributed by atoms with Gasteiger partial charge >= 0.3 is 0 Å². The Kier molecular flexibility index (Phi) is 4.30. The van der Waals surface area contributed by atoms with Crippen molar-refractivity contribution < 1.29 is 0 Å². The van der Waals surface area contributed by atoms with E-state index < -0.39 is 0 Å². The van der Waals surface area contributed by atoms with Gasteiger partial charge in [-0.25, -0.2) is 9.67 Å². The van der Waals surface area contributed by atoms with Gasteiger partial charge in [0.15, 0.2) is 0 Å². The smallest absolute Gasteiger partial charge is 0.0907 e. The zero-order valence-corrected chi connectivity index (χ0v) is 14.7. The predicted molar refractivity (Wildman–Crippen MR) is 96.6 cm³/mol. The van der Waals surface area contributed by atoms with Crippen molar-refractivity contribution in [3.8, 4) is 5.69 Å². The molecule has 2 N–H and O–H groups in total. The SMILES string of the molecule is Cc1nc2ccc(-n3cc(CCN4CCC(N)CC4)nn3)cc2s1. The highest BCUT2D eigenvalue weighted by atomic mass is 32.1. The largest absolute Gasteiger partial charge is 0.328 e. The zero-order valence-electron chi connectivity index (χ0n) is 13.9. The summed E-state index contributed by atoms with van der Waals surface area (Å²) in [7, 11) is 0. The lowest BCUT2D eigenvalue weighted by Crippen LogP contribution is -2.40. The molecular weight excluding hydrogens is 320 g/mol. The number of fused-ring (bicyclic) bond motifs is 1. The third-order valence-corrected chi connectivity index (χ3v) is 5.53. The maximum absolute atomic E-state index is 5.96. The molecule has 0 radical (unpaired) electrons. The quantitative estimate of drug-likeness (QED) is 0.786. The first kappa shape index (κ1) is 15.7. The summed E-state index contributed by atoms with van der Waals surface area (Å²) in [5.41, 5.74) is 9.07. The Morgan fingerprint density at radius 2 is 2.12 bits per heavy atom. The number of aryl methyl sites for hydroxylation is 1. The fourth-order valence-electron chi connectivity index (χ4n) is 3.16. The third kappa shape index (κ3) is 3.33. The molecule has 1 aliphatic rings. The molecule has 6 nitrogen and oxygen atoms in total. The maximum atomic E-state index is 5.96. The molecule has 7 heteroatoms. The lowest BCUT2D eigenvalue weighted by atomic mass is 10.1. The molecule has 1 saturated heterocycles. The number of likely N-dealkylation sites (tertiary alicyclic amines) is 1. The van der Waals surface area contributed by atoms with E-state index in [4.69, 9.17) is 5.73 Å². The van der Waals surface area contributed by atoms with Gasteiger partial charge in [0, 0.05) is 19.0 Å². The number of nitrogens with two attached hydrogens (primary N) is 1. The number of thiazole rings is 1. The van der Waals surface area contributed by atoms with E-state index in [-0.39, 0.29) is 0 Å². The molecule has 1 aliphatic heterocycles.